The van der Waals surface area contributed by atoms with Crippen molar-refractivity contribution in [3.8, 4) is 0 Å². The Balaban J connectivity index is 1.95. The summed E-state index contributed by atoms with van der Waals surface area (Å²) >= 11 is 3.12. The first-order chi connectivity index (χ1) is 8.60. The number of rotatable bonds is 4. The SMILES string of the molecule is Cc1cc(CNC(=O)c2csc(CN)n2)sc1C. The number of hydrogen-bond acceptors (Lipinski definition) is 5. The van der Waals surface area contributed by atoms with Crippen LogP contribution in [0.25, 0.3) is 0 Å². The van der Waals surface area contributed by atoms with Gasteiger partial charge in [0.05, 0.1) is 6.54 Å². The van der Waals surface area contributed by atoms with Gasteiger partial charge in [0.1, 0.15) is 10.7 Å². The predicted molar refractivity (Wildman–Crippen MR) is 75.0 cm³/mol. The molecule has 0 saturated carbocycles. The lowest BCUT2D eigenvalue weighted by molar-refractivity contribution is 0.0947. The van der Waals surface area contributed by atoms with Crippen LogP contribution >= 0.6 is 22.7 Å². The molecule has 96 valence electrons. The minimum absolute atomic E-state index is 0.144. The normalized spacial score (nSPS) is 10.6. The van der Waals surface area contributed by atoms with E-state index in [4.69, 9.17) is 5.73 Å². The lowest BCUT2D eigenvalue weighted by Gasteiger charge is -2.00. The molecule has 0 spiro atoms. The van der Waals surface area contributed by atoms with Gasteiger partial charge in [-0.15, -0.1) is 22.7 Å². The molecule has 0 unspecified atom stereocenters. The fraction of sp³-hybridized carbons (Fsp3) is 0.333. The molecule has 2 rings (SSSR count). The van der Waals surface area contributed by atoms with Gasteiger partial charge in [-0.25, -0.2) is 4.98 Å². The van der Waals surface area contributed by atoms with Gasteiger partial charge in [0.25, 0.3) is 5.91 Å². The van der Waals surface area contributed by atoms with Gasteiger partial charge in [0.15, 0.2) is 0 Å². The number of nitrogens with two attached hydrogens (primary N) is 1. The Morgan fingerprint density at radius 1 is 1.50 bits per heavy atom. The average Bonchev–Trinajstić information content (AvgIpc) is 2.94. The second-order valence-corrected chi connectivity index (χ2v) is 6.25. The third-order valence-corrected chi connectivity index (χ3v) is 4.62. The van der Waals surface area contributed by atoms with E-state index in [1.807, 2.05) is 0 Å². The monoisotopic (exact) mass is 281 g/mol. The van der Waals surface area contributed by atoms with Crippen LogP contribution in [-0.2, 0) is 13.1 Å². The molecule has 0 saturated heterocycles. The van der Waals surface area contributed by atoms with Crippen molar-refractivity contribution in [1.29, 1.82) is 0 Å². The zero-order valence-corrected chi connectivity index (χ0v) is 12.0. The van der Waals surface area contributed by atoms with Crippen LogP contribution in [0, 0.1) is 13.8 Å². The molecule has 0 aromatic carbocycles. The maximum atomic E-state index is 11.8. The highest BCUT2D eigenvalue weighted by atomic mass is 32.1. The Labute approximate surface area is 114 Å². The number of carbonyl (C=O) groups is 1. The molecular weight excluding hydrogens is 266 g/mol. The fourth-order valence-electron chi connectivity index (χ4n) is 1.50. The van der Waals surface area contributed by atoms with E-state index in [1.165, 1.54) is 21.8 Å². The fourth-order valence-corrected chi connectivity index (χ4v) is 3.15. The summed E-state index contributed by atoms with van der Waals surface area (Å²) in [6, 6.07) is 2.10. The predicted octanol–water partition coefficient (Wildman–Crippen LogP) is 2.21. The molecule has 0 aliphatic rings. The first-order valence-corrected chi connectivity index (χ1v) is 7.28. The molecule has 0 radical (unpaired) electrons. The molecule has 0 atom stereocenters. The Bertz CT molecular complexity index is 540. The van der Waals surface area contributed by atoms with Gasteiger partial charge >= 0.3 is 0 Å². The van der Waals surface area contributed by atoms with E-state index in [2.05, 4.69) is 30.2 Å². The highest BCUT2D eigenvalue weighted by molar-refractivity contribution is 7.12. The zero-order valence-electron chi connectivity index (χ0n) is 10.3. The number of amides is 1. The minimum atomic E-state index is -0.144. The van der Waals surface area contributed by atoms with E-state index in [1.54, 1.807) is 16.7 Å². The molecule has 0 fully saturated rings. The molecule has 18 heavy (non-hydrogen) atoms. The van der Waals surface area contributed by atoms with Crippen LogP contribution in [-0.4, -0.2) is 10.9 Å². The van der Waals surface area contributed by atoms with Crippen LogP contribution in [0.3, 0.4) is 0 Å². The Morgan fingerprint density at radius 3 is 2.83 bits per heavy atom. The van der Waals surface area contributed by atoms with Gasteiger partial charge in [-0.05, 0) is 25.5 Å². The van der Waals surface area contributed by atoms with Crippen molar-refractivity contribution in [2.75, 3.05) is 0 Å². The summed E-state index contributed by atoms with van der Waals surface area (Å²) < 4.78 is 0. The molecule has 0 bridgehead atoms. The molecule has 3 N–H and O–H groups in total. The van der Waals surface area contributed by atoms with Gasteiger partial charge < -0.3 is 11.1 Å². The largest absolute Gasteiger partial charge is 0.346 e. The van der Waals surface area contributed by atoms with Crippen LogP contribution in [0.1, 0.15) is 30.8 Å². The number of thiophene rings is 1. The number of nitrogens with zero attached hydrogens (tertiary/aromatic N) is 1. The molecule has 2 aromatic heterocycles. The van der Waals surface area contributed by atoms with Crippen LogP contribution in [0.4, 0.5) is 0 Å². The third kappa shape index (κ3) is 2.95. The number of carbonyl (C=O) groups excluding carboxylic acids is 1. The van der Waals surface area contributed by atoms with E-state index >= 15 is 0 Å². The van der Waals surface area contributed by atoms with Gasteiger partial charge in [-0.2, -0.15) is 0 Å². The van der Waals surface area contributed by atoms with E-state index in [0.717, 1.165) is 9.88 Å². The van der Waals surface area contributed by atoms with E-state index in [-0.39, 0.29) is 5.91 Å². The quantitative estimate of drug-likeness (QED) is 0.903. The average molecular weight is 281 g/mol. The number of hydrogen-bond donors (Lipinski definition) is 2. The summed E-state index contributed by atoms with van der Waals surface area (Å²) in [6.45, 7) is 5.08. The molecule has 1 amide bonds. The smallest absolute Gasteiger partial charge is 0.271 e. The van der Waals surface area contributed by atoms with Crippen molar-refractivity contribution in [3.63, 3.8) is 0 Å². The Morgan fingerprint density at radius 2 is 2.28 bits per heavy atom. The summed E-state index contributed by atoms with van der Waals surface area (Å²) in [4.78, 5) is 18.4. The van der Waals surface area contributed by atoms with Crippen molar-refractivity contribution in [3.05, 3.63) is 37.5 Å². The van der Waals surface area contributed by atoms with Gasteiger partial charge in [-0.1, -0.05) is 0 Å². The molecular formula is C12H15N3OS2. The summed E-state index contributed by atoms with van der Waals surface area (Å²) in [5, 5.41) is 5.39. The second-order valence-electron chi connectivity index (χ2n) is 3.97. The number of thiazole rings is 1. The summed E-state index contributed by atoms with van der Waals surface area (Å²) in [5.74, 6) is -0.144. The molecule has 6 heteroatoms. The van der Waals surface area contributed by atoms with Crippen LogP contribution in [0.2, 0.25) is 0 Å². The second kappa shape index (κ2) is 5.60. The van der Waals surface area contributed by atoms with Crippen molar-refractivity contribution < 1.29 is 4.79 Å². The van der Waals surface area contributed by atoms with Crippen molar-refractivity contribution in [2.24, 2.45) is 5.73 Å². The number of nitrogens with one attached hydrogen (secondary N) is 1. The van der Waals surface area contributed by atoms with E-state index in [9.17, 15) is 4.79 Å². The first-order valence-electron chi connectivity index (χ1n) is 5.58. The molecule has 4 nitrogen and oxygen atoms in total. The lowest BCUT2D eigenvalue weighted by Crippen LogP contribution is -2.22. The van der Waals surface area contributed by atoms with Crippen LogP contribution in [0.15, 0.2) is 11.4 Å². The molecule has 0 aliphatic heterocycles. The Kier molecular flexibility index (Phi) is 4.11. The topological polar surface area (TPSA) is 68.0 Å². The van der Waals surface area contributed by atoms with E-state index in [0.29, 0.717) is 18.8 Å². The van der Waals surface area contributed by atoms with E-state index < -0.39 is 0 Å². The maximum absolute atomic E-state index is 11.8. The van der Waals surface area contributed by atoms with Crippen LogP contribution < -0.4 is 11.1 Å². The minimum Gasteiger partial charge on any atom is -0.346 e. The standard InChI is InChI=1S/C12H15N3OS2/c1-7-3-9(18-8(7)2)5-14-12(16)10-6-17-11(4-13)15-10/h3,6H,4-5,13H2,1-2H3,(H,14,16). The lowest BCUT2D eigenvalue weighted by atomic mass is 10.3. The summed E-state index contributed by atoms with van der Waals surface area (Å²) in [6.07, 6.45) is 0. The third-order valence-electron chi connectivity index (χ3n) is 2.60. The van der Waals surface area contributed by atoms with Gasteiger partial charge in [-0.3, -0.25) is 4.79 Å². The van der Waals surface area contributed by atoms with Gasteiger partial charge in [0.2, 0.25) is 0 Å². The van der Waals surface area contributed by atoms with Crippen molar-refractivity contribution >= 4 is 28.6 Å². The highest BCUT2D eigenvalue weighted by Crippen LogP contribution is 2.20. The zero-order chi connectivity index (χ0) is 13.1. The molecule has 2 aromatic rings. The number of aryl methyl sites for hydroxylation is 2. The first kappa shape index (κ1) is 13.2. The van der Waals surface area contributed by atoms with Crippen molar-refractivity contribution in [1.82, 2.24) is 10.3 Å². The maximum Gasteiger partial charge on any atom is 0.271 e. The summed E-state index contributed by atoms with van der Waals surface area (Å²) in [5.41, 5.74) is 7.18. The van der Waals surface area contributed by atoms with Gasteiger partial charge in [0, 0.05) is 21.7 Å². The number of aromatic nitrogens is 1. The molecule has 2 heterocycles. The van der Waals surface area contributed by atoms with Crippen LogP contribution in [0.5, 0.6) is 0 Å². The molecule has 0 aliphatic carbocycles. The Hall–Kier alpha value is -1.24. The summed E-state index contributed by atoms with van der Waals surface area (Å²) in [7, 11) is 0. The highest BCUT2D eigenvalue weighted by Gasteiger charge is 2.10. The van der Waals surface area contributed by atoms with Crippen molar-refractivity contribution in [2.45, 2.75) is 26.9 Å².